The third-order valence-corrected chi connectivity index (χ3v) is 5.51. The number of aromatic nitrogens is 2. The summed E-state index contributed by atoms with van der Waals surface area (Å²) in [4.78, 5) is 17.7. The number of carbonyl (C=O) groups is 1. The molecule has 0 bridgehead atoms. The number of carbonyl (C=O) groups excluding carboxylic acids is 1. The molecule has 0 aliphatic heterocycles. The van der Waals surface area contributed by atoms with Crippen molar-refractivity contribution in [1.29, 1.82) is 0 Å². The van der Waals surface area contributed by atoms with E-state index in [1.807, 2.05) is 6.92 Å². The lowest BCUT2D eigenvalue weighted by Crippen LogP contribution is -2.05. The van der Waals surface area contributed by atoms with Crippen molar-refractivity contribution in [3.8, 4) is 39.5 Å². The molecule has 0 saturated carbocycles. The van der Waals surface area contributed by atoms with Crippen LogP contribution in [0.3, 0.4) is 0 Å². The average molecular weight is 436 g/mol. The molecule has 0 aliphatic carbocycles. The van der Waals surface area contributed by atoms with Gasteiger partial charge in [-0.05, 0) is 61.0 Å². The van der Waals surface area contributed by atoms with E-state index < -0.39 is 17.4 Å². The molecule has 0 amide bonds. The Balaban J connectivity index is 1.90. The molecule has 0 saturated heterocycles. The molecule has 0 spiro atoms. The van der Waals surface area contributed by atoms with Crippen molar-refractivity contribution in [2.24, 2.45) is 0 Å². The van der Waals surface area contributed by atoms with Crippen molar-refractivity contribution >= 4 is 17.1 Å². The second-order valence-corrected chi connectivity index (χ2v) is 7.43. The van der Waals surface area contributed by atoms with Crippen molar-refractivity contribution < 1.29 is 24.5 Å². The minimum Gasteiger partial charge on any atom is -0.503 e. The van der Waals surface area contributed by atoms with E-state index in [9.17, 15) is 15.0 Å². The molecule has 2 N–H and O–H groups in total. The number of nitrogens with zero attached hydrogens (tertiary/aromatic N) is 2. The van der Waals surface area contributed by atoms with Gasteiger partial charge >= 0.3 is 0 Å². The topological polar surface area (TPSA) is 93.8 Å². The van der Waals surface area contributed by atoms with Gasteiger partial charge in [-0.3, -0.25) is 9.36 Å². The first-order valence-electron chi connectivity index (χ1n) is 9.53. The van der Waals surface area contributed by atoms with E-state index in [4.69, 9.17) is 9.47 Å². The molecule has 0 unspecified atom stereocenters. The highest BCUT2D eigenvalue weighted by atomic mass is 32.1. The maximum atomic E-state index is 13.4. The predicted molar refractivity (Wildman–Crippen MR) is 118 cm³/mol. The Hall–Kier alpha value is -3.78. The van der Waals surface area contributed by atoms with Crippen LogP contribution in [-0.2, 0) is 0 Å². The van der Waals surface area contributed by atoms with Crippen molar-refractivity contribution in [2.75, 3.05) is 13.7 Å². The summed E-state index contributed by atoms with van der Waals surface area (Å²) in [5.74, 6) is -0.0993. The third-order valence-electron chi connectivity index (χ3n) is 4.75. The van der Waals surface area contributed by atoms with Gasteiger partial charge in [0.05, 0.1) is 25.0 Å². The maximum absolute atomic E-state index is 13.4. The second-order valence-electron chi connectivity index (χ2n) is 6.56. The first-order chi connectivity index (χ1) is 15.0. The maximum Gasteiger partial charge on any atom is 0.242 e. The quantitative estimate of drug-likeness (QED) is 0.410. The van der Waals surface area contributed by atoms with Crippen molar-refractivity contribution in [3.05, 3.63) is 71.2 Å². The number of methoxy groups -OCH3 is 1. The van der Waals surface area contributed by atoms with Gasteiger partial charge in [0.15, 0.2) is 16.7 Å². The van der Waals surface area contributed by atoms with Crippen LogP contribution >= 0.6 is 11.3 Å². The fourth-order valence-electron chi connectivity index (χ4n) is 3.31. The monoisotopic (exact) mass is 436 g/mol. The molecule has 31 heavy (non-hydrogen) atoms. The van der Waals surface area contributed by atoms with Gasteiger partial charge in [-0.25, -0.2) is 4.98 Å². The van der Waals surface area contributed by atoms with Gasteiger partial charge in [0.1, 0.15) is 11.5 Å². The lowest BCUT2D eigenvalue weighted by molar-refractivity contribution is 0.103. The van der Waals surface area contributed by atoms with Gasteiger partial charge in [0.25, 0.3) is 0 Å². The molecule has 4 rings (SSSR count). The smallest absolute Gasteiger partial charge is 0.242 e. The second kappa shape index (κ2) is 8.53. The summed E-state index contributed by atoms with van der Waals surface area (Å²) in [5.41, 5.74) is 1.29. The van der Waals surface area contributed by atoms with Gasteiger partial charge in [-0.2, -0.15) is 0 Å². The number of aromatic hydroxyl groups is 2. The zero-order chi connectivity index (χ0) is 22.0. The number of benzene rings is 2. The van der Waals surface area contributed by atoms with Gasteiger partial charge in [0.2, 0.25) is 5.88 Å². The zero-order valence-corrected chi connectivity index (χ0v) is 17.7. The lowest BCUT2D eigenvalue weighted by Gasteiger charge is -2.10. The molecule has 7 nitrogen and oxygen atoms in total. The highest BCUT2D eigenvalue weighted by Gasteiger charge is 2.30. The fourth-order valence-corrected chi connectivity index (χ4v) is 3.96. The van der Waals surface area contributed by atoms with E-state index in [1.165, 1.54) is 15.9 Å². The molecule has 0 radical (unpaired) electrons. The molecule has 158 valence electrons. The van der Waals surface area contributed by atoms with Crippen LogP contribution in [0.2, 0.25) is 0 Å². The summed E-state index contributed by atoms with van der Waals surface area (Å²) in [5, 5.41) is 23.7. The SMILES string of the molecule is CCOc1ccc(C(=O)c2c(O)c(O)n(-c3nccs3)c2-c2ccc(OC)cc2)cc1. The Morgan fingerprint density at radius 1 is 1.06 bits per heavy atom. The summed E-state index contributed by atoms with van der Waals surface area (Å²) in [6.07, 6.45) is 1.59. The van der Waals surface area contributed by atoms with Crippen LogP contribution in [0.15, 0.2) is 60.1 Å². The fraction of sp³-hybridized carbons (Fsp3) is 0.130. The lowest BCUT2D eigenvalue weighted by atomic mass is 9.99. The zero-order valence-electron chi connectivity index (χ0n) is 16.9. The predicted octanol–water partition coefficient (Wildman–Crippen LogP) is 4.65. The van der Waals surface area contributed by atoms with Crippen LogP contribution in [0.5, 0.6) is 23.1 Å². The Labute approximate surface area is 182 Å². The van der Waals surface area contributed by atoms with Gasteiger partial charge in [0, 0.05) is 17.1 Å². The Morgan fingerprint density at radius 2 is 1.74 bits per heavy atom. The first-order valence-corrected chi connectivity index (χ1v) is 10.4. The highest BCUT2D eigenvalue weighted by molar-refractivity contribution is 7.12. The van der Waals surface area contributed by atoms with Crippen LogP contribution < -0.4 is 9.47 Å². The molecule has 2 aromatic carbocycles. The largest absolute Gasteiger partial charge is 0.503 e. The van der Waals surface area contributed by atoms with E-state index in [1.54, 1.807) is 67.2 Å². The molecule has 8 heteroatoms. The Morgan fingerprint density at radius 3 is 2.32 bits per heavy atom. The number of thiazole rings is 1. The number of ketones is 1. The molecule has 0 atom stereocenters. The Bertz CT molecular complexity index is 1200. The summed E-state index contributed by atoms with van der Waals surface area (Å²) < 4.78 is 12.0. The number of ether oxygens (including phenoxy) is 2. The molecule has 2 aromatic heterocycles. The van der Waals surface area contributed by atoms with E-state index >= 15 is 0 Å². The van der Waals surface area contributed by atoms with Crippen molar-refractivity contribution in [2.45, 2.75) is 6.92 Å². The summed E-state index contributed by atoms with van der Waals surface area (Å²) in [6, 6.07) is 13.6. The summed E-state index contributed by atoms with van der Waals surface area (Å²) >= 11 is 1.27. The number of rotatable bonds is 7. The average Bonchev–Trinajstić information content (AvgIpc) is 3.41. The first kappa shape index (κ1) is 20.5. The molecular weight excluding hydrogens is 416 g/mol. The highest BCUT2D eigenvalue weighted by Crippen LogP contribution is 2.44. The minimum atomic E-state index is -0.500. The summed E-state index contributed by atoms with van der Waals surface area (Å²) in [7, 11) is 1.56. The Kier molecular flexibility index (Phi) is 5.64. The van der Waals surface area contributed by atoms with Crippen LogP contribution in [-0.4, -0.2) is 39.3 Å². The molecule has 0 aliphatic rings. The van der Waals surface area contributed by atoms with Crippen LogP contribution in [0.25, 0.3) is 16.4 Å². The van der Waals surface area contributed by atoms with Crippen LogP contribution in [0.1, 0.15) is 22.8 Å². The number of hydrogen-bond acceptors (Lipinski definition) is 7. The van der Waals surface area contributed by atoms with E-state index in [2.05, 4.69) is 4.98 Å². The van der Waals surface area contributed by atoms with Gasteiger partial charge in [-0.15, -0.1) is 11.3 Å². The van der Waals surface area contributed by atoms with Crippen molar-refractivity contribution in [1.82, 2.24) is 9.55 Å². The van der Waals surface area contributed by atoms with Crippen LogP contribution in [0.4, 0.5) is 0 Å². The minimum absolute atomic E-state index is 0.0120. The molecule has 2 heterocycles. The number of hydrogen-bond donors (Lipinski definition) is 2. The van der Waals surface area contributed by atoms with E-state index in [0.29, 0.717) is 40.1 Å². The molecular formula is C23H20N2O5S. The van der Waals surface area contributed by atoms with E-state index in [0.717, 1.165) is 0 Å². The third kappa shape index (κ3) is 3.73. The summed E-state index contributed by atoms with van der Waals surface area (Å²) in [6.45, 7) is 2.39. The normalized spacial score (nSPS) is 10.8. The molecule has 0 fully saturated rings. The van der Waals surface area contributed by atoms with Gasteiger partial charge in [-0.1, -0.05) is 0 Å². The van der Waals surface area contributed by atoms with Crippen molar-refractivity contribution in [3.63, 3.8) is 0 Å². The van der Waals surface area contributed by atoms with Crippen LogP contribution in [0, 0.1) is 0 Å². The molecule has 4 aromatic rings. The van der Waals surface area contributed by atoms with E-state index in [-0.39, 0.29) is 5.56 Å². The standard InChI is InChI=1S/C23H20N2O5S/c1-3-30-17-10-6-15(7-11-17)20(26)18-19(14-4-8-16(29-2)9-5-14)25(22(28)21(18)27)23-24-12-13-31-23/h4-13,27-28H,3H2,1-2H3. The van der Waals surface area contributed by atoms with Gasteiger partial charge < -0.3 is 19.7 Å².